The molecule has 2 aromatic rings. The third-order valence-electron chi connectivity index (χ3n) is 2.76. The Morgan fingerprint density at radius 3 is 2.81 bits per heavy atom. The summed E-state index contributed by atoms with van der Waals surface area (Å²) in [5, 5.41) is 10.6. The molecule has 0 aliphatic heterocycles. The van der Waals surface area contributed by atoms with Crippen molar-refractivity contribution >= 4 is 29.1 Å². The van der Waals surface area contributed by atoms with Gasteiger partial charge in [-0.05, 0) is 27.7 Å². The molecular weight excluding hydrogens is 292 g/mol. The highest BCUT2D eigenvalue weighted by Gasteiger charge is 2.15. The predicted molar refractivity (Wildman–Crippen MR) is 81.5 cm³/mol. The van der Waals surface area contributed by atoms with Gasteiger partial charge in [0.15, 0.2) is 0 Å². The van der Waals surface area contributed by atoms with Gasteiger partial charge >= 0.3 is 0 Å². The van der Waals surface area contributed by atoms with Crippen LogP contribution in [0.25, 0.3) is 5.78 Å². The number of amides is 1. The fourth-order valence-corrected chi connectivity index (χ4v) is 2.05. The summed E-state index contributed by atoms with van der Waals surface area (Å²) in [5.74, 6) is 1.11. The topological polar surface area (TPSA) is 84.2 Å². The van der Waals surface area contributed by atoms with E-state index < -0.39 is 0 Å². The Kier molecular flexibility index (Phi) is 4.32. The number of aromatic nitrogens is 4. The lowest BCUT2D eigenvalue weighted by Crippen LogP contribution is -2.41. The Morgan fingerprint density at radius 1 is 1.43 bits per heavy atom. The molecule has 8 heteroatoms. The normalized spacial score (nSPS) is 11.7. The van der Waals surface area contributed by atoms with Gasteiger partial charge in [-0.2, -0.15) is 19.6 Å². The maximum atomic E-state index is 11.8. The van der Waals surface area contributed by atoms with Crippen LogP contribution in [0.5, 0.6) is 0 Å². The van der Waals surface area contributed by atoms with E-state index in [1.165, 1.54) is 6.33 Å². The number of hydrogen-bond acceptors (Lipinski definition) is 5. The lowest BCUT2D eigenvalue weighted by Gasteiger charge is -2.20. The summed E-state index contributed by atoms with van der Waals surface area (Å²) < 4.78 is 1.57. The first-order valence-electron chi connectivity index (χ1n) is 6.68. The number of hydrogen-bond donors (Lipinski definition) is 2. The molecule has 0 unspecified atom stereocenters. The van der Waals surface area contributed by atoms with Gasteiger partial charge in [-0.25, -0.2) is 0 Å². The average Bonchev–Trinajstić information content (AvgIpc) is 2.79. The van der Waals surface area contributed by atoms with Gasteiger partial charge in [0.2, 0.25) is 5.91 Å². The third kappa shape index (κ3) is 3.81. The summed E-state index contributed by atoms with van der Waals surface area (Å²) in [6.45, 7) is 8.16. The number of nitrogens with one attached hydrogen (secondary N) is 2. The molecule has 0 saturated heterocycles. The SMILES string of the molecule is Cc1c(Cl)nc2ncnn2c1NCCC(=O)NC(C)(C)C. The molecule has 1 amide bonds. The van der Waals surface area contributed by atoms with Crippen LogP contribution >= 0.6 is 11.6 Å². The first-order valence-corrected chi connectivity index (χ1v) is 7.06. The van der Waals surface area contributed by atoms with Gasteiger partial charge in [0, 0.05) is 24.1 Å². The number of fused-ring (bicyclic) bond motifs is 1. The summed E-state index contributed by atoms with van der Waals surface area (Å²) in [7, 11) is 0. The summed E-state index contributed by atoms with van der Waals surface area (Å²) in [6.07, 6.45) is 1.77. The van der Waals surface area contributed by atoms with Crippen molar-refractivity contribution in [3.8, 4) is 0 Å². The minimum atomic E-state index is -0.230. The van der Waals surface area contributed by atoms with Gasteiger partial charge in [0.05, 0.1) is 0 Å². The number of nitrogens with zero attached hydrogens (tertiary/aromatic N) is 4. The fourth-order valence-electron chi connectivity index (χ4n) is 1.88. The highest BCUT2D eigenvalue weighted by molar-refractivity contribution is 6.30. The minimum absolute atomic E-state index is 0.0114. The molecule has 2 aromatic heterocycles. The summed E-state index contributed by atoms with van der Waals surface area (Å²) in [5.41, 5.74) is 0.539. The second kappa shape index (κ2) is 5.85. The van der Waals surface area contributed by atoms with E-state index in [4.69, 9.17) is 11.6 Å². The van der Waals surface area contributed by atoms with E-state index in [2.05, 4.69) is 25.7 Å². The highest BCUT2D eigenvalue weighted by Crippen LogP contribution is 2.21. The lowest BCUT2D eigenvalue weighted by atomic mass is 10.1. The molecule has 0 bridgehead atoms. The van der Waals surface area contributed by atoms with E-state index in [9.17, 15) is 4.79 Å². The van der Waals surface area contributed by atoms with Crippen molar-refractivity contribution in [3.63, 3.8) is 0 Å². The zero-order valence-corrected chi connectivity index (χ0v) is 13.3. The smallest absolute Gasteiger partial charge is 0.255 e. The molecule has 0 aliphatic rings. The van der Waals surface area contributed by atoms with Crippen LogP contribution in [-0.2, 0) is 4.79 Å². The van der Waals surface area contributed by atoms with Crippen molar-refractivity contribution in [1.82, 2.24) is 24.9 Å². The second-order valence-corrected chi connectivity index (χ2v) is 6.18. The van der Waals surface area contributed by atoms with E-state index in [0.29, 0.717) is 29.7 Å². The van der Waals surface area contributed by atoms with Crippen molar-refractivity contribution in [2.75, 3.05) is 11.9 Å². The Balaban J connectivity index is 2.05. The summed E-state index contributed by atoms with van der Waals surface area (Å²) in [4.78, 5) is 19.9. The molecule has 114 valence electrons. The molecule has 21 heavy (non-hydrogen) atoms. The van der Waals surface area contributed by atoms with E-state index in [-0.39, 0.29) is 11.4 Å². The molecule has 2 rings (SSSR count). The van der Waals surface area contributed by atoms with Gasteiger partial charge in [0.25, 0.3) is 5.78 Å². The van der Waals surface area contributed by atoms with Crippen LogP contribution in [0.2, 0.25) is 5.15 Å². The van der Waals surface area contributed by atoms with Gasteiger partial charge in [-0.1, -0.05) is 11.6 Å². The van der Waals surface area contributed by atoms with E-state index in [0.717, 1.165) is 5.56 Å². The Labute approximate surface area is 128 Å². The Hall–Kier alpha value is -1.89. The lowest BCUT2D eigenvalue weighted by molar-refractivity contribution is -0.122. The zero-order valence-electron chi connectivity index (χ0n) is 12.6. The molecule has 7 nitrogen and oxygen atoms in total. The van der Waals surface area contributed by atoms with Crippen molar-refractivity contribution in [1.29, 1.82) is 0 Å². The molecule has 0 spiro atoms. The van der Waals surface area contributed by atoms with Crippen LogP contribution < -0.4 is 10.6 Å². The Bertz CT molecular complexity index is 660. The van der Waals surface area contributed by atoms with Crippen LogP contribution in [-0.4, -0.2) is 37.6 Å². The molecule has 0 aromatic carbocycles. The van der Waals surface area contributed by atoms with E-state index in [1.807, 2.05) is 27.7 Å². The van der Waals surface area contributed by atoms with Crippen molar-refractivity contribution in [2.24, 2.45) is 0 Å². The third-order valence-corrected chi connectivity index (χ3v) is 3.13. The van der Waals surface area contributed by atoms with Crippen LogP contribution in [0.15, 0.2) is 6.33 Å². The van der Waals surface area contributed by atoms with E-state index in [1.54, 1.807) is 4.52 Å². The maximum Gasteiger partial charge on any atom is 0.255 e. The molecule has 0 radical (unpaired) electrons. The first-order chi connectivity index (χ1) is 9.78. The van der Waals surface area contributed by atoms with Crippen LogP contribution in [0.3, 0.4) is 0 Å². The summed E-state index contributed by atoms with van der Waals surface area (Å²) >= 11 is 6.07. The van der Waals surface area contributed by atoms with E-state index >= 15 is 0 Å². The Morgan fingerprint density at radius 2 is 2.14 bits per heavy atom. The molecular formula is C13H19ClN6O. The molecule has 0 fully saturated rings. The van der Waals surface area contributed by atoms with Crippen LogP contribution in [0.4, 0.5) is 5.82 Å². The number of anilines is 1. The van der Waals surface area contributed by atoms with Crippen molar-refractivity contribution < 1.29 is 4.79 Å². The molecule has 2 heterocycles. The van der Waals surface area contributed by atoms with Gasteiger partial charge < -0.3 is 10.6 Å². The zero-order chi connectivity index (χ0) is 15.6. The predicted octanol–water partition coefficient (Wildman–Crippen LogP) is 1.80. The molecule has 0 atom stereocenters. The van der Waals surface area contributed by atoms with Crippen LogP contribution in [0.1, 0.15) is 32.8 Å². The molecule has 0 saturated carbocycles. The largest absolute Gasteiger partial charge is 0.369 e. The quantitative estimate of drug-likeness (QED) is 0.841. The van der Waals surface area contributed by atoms with Crippen LogP contribution in [0, 0.1) is 6.92 Å². The van der Waals surface area contributed by atoms with Gasteiger partial charge in [-0.15, -0.1) is 0 Å². The highest BCUT2D eigenvalue weighted by atomic mass is 35.5. The first kappa shape index (κ1) is 15.5. The fraction of sp³-hybridized carbons (Fsp3) is 0.538. The van der Waals surface area contributed by atoms with Gasteiger partial charge in [-0.3, -0.25) is 4.79 Å². The number of rotatable bonds is 4. The minimum Gasteiger partial charge on any atom is -0.369 e. The monoisotopic (exact) mass is 310 g/mol. The second-order valence-electron chi connectivity index (χ2n) is 5.82. The number of halogens is 1. The van der Waals surface area contributed by atoms with Gasteiger partial charge in [0.1, 0.15) is 17.3 Å². The standard InChI is InChI=1S/C13H19ClN6O/c1-8-10(14)18-12-16-7-17-20(12)11(8)15-6-5-9(21)19-13(2,3)4/h7,15H,5-6H2,1-4H3,(H,19,21). The molecule has 0 aliphatic carbocycles. The van der Waals surface area contributed by atoms with Crippen molar-refractivity contribution in [3.05, 3.63) is 17.0 Å². The molecule has 2 N–H and O–H groups in total. The number of carbonyl (C=O) groups excluding carboxylic acids is 1. The van der Waals surface area contributed by atoms with Crippen molar-refractivity contribution in [2.45, 2.75) is 39.7 Å². The number of carbonyl (C=O) groups is 1. The maximum absolute atomic E-state index is 11.8. The average molecular weight is 311 g/mol. The summed E-state index contributed by atoms with van der Waals surface area (Å²) in [6, 6.07) is 0.